The van der Waals surface area contributed by atoms with E-state index in [1.54, 1.807) is 19.2 Å². The second-order valence-electron chi connectivity index (χ2n) is 10.3. The van der Waals surface area contributed by atoms with Crippen LogP contribution in [0.4, 0.5) is 4.39 Å². The van der Waals surface area contributed by atoms with Crippen LogP contribution in [-0.2, 0) is 9.53 Å². The molecule has 3 aromatic rings. The van der Waals surface area contributed by atoms with Crippen LogP contribution >= 0.6 is 0 Å². The first-order valence-electron chi connectivity index (χ1n) is 13.9. The van der Waals surface area contributed by atoms with Gasteiger partial charge in [-0.3, -0.25) is 14.5 Å². The topological polar surface area (TPSA) is 74.7 Å². The highest BCUT2D eigenvalue weighted by molar-refractivity contribution is 6.04. The zero-order chi connectivity index (χ0) is 28.8. The average molecular weight is 559 g/mol. The Kier molecular flexibility index (Phi) is 9.06. The highest BCUT2D eigenvalue weighted by atomic mass is 19.1. The van der Waals surface area contributed by atoms with E-state index in [1.807, 2.05) is 55.5 Å². The second kappa shape index (κ2) is 13.1. The minimum atomic E-state index is -0.611. The number of carbonyl (C=O) groups excluding carboxylic acids is 2. The van der Waals surface area contributed by atoms with E-state index in [2.05, 4.69) is 4.90 Å². The number of rotatable bonds is 9. The van der Waals surface area contributed by atoms with Gasteiger partial charge in [0.2, 0.25) is 0 Å². The Morgan fingerprint density at radius 1 is 1.02 bits per heavy atom. The maximum atomic E-state index is 14.6. The van der Waals surface area contributed by atoms with E-state index in [9.17, 15) is 14.0 Å². The van der Waals surface area contributed by atoms with Crippen LogP contribution in [0.5, 0.6) is 5.75 Å². The Bertz CT molecular complexity index is 1390. The van der Waals surface area contributed by atoms with Gasteiger partial charge in [-0.15, -0.1) is 0 Å². The van der Waals surface area contributed by atoms with Crippen molar-refractivity contribution in [3.63, 3.8) is 0 Å². The minimum absolute atomic E-state index is 0.0544. The number of nitrogens with zero attached hydrogens (tertiary/aromatic N) is 4. The molecule has 0 radical (unpaired) electrons. The summed E-state index contributed by atoms with van der Waals surface area (Å²) in [5.74, 6) is -0.723. The summed E-state index contributed by atoms with van der Waals surface area (Å²) in [4.78, 5) is 31.1. The highest BCUT2D eigenvalue weighted by Gasteiger charge is 2.35. The summed E-state index contributed by atoms with van der Waals surface area (Å²) in [5, 5.41) is 6.25. The molecule has 1 saturated heterocycles. The average Bonchev–Trinajstić information content (AvgIpc) is 3.46. The molecule has 0 saturated carbocycles. The van der Waals surface area contributed by atoms with Crippen LogP contribution in [0, 0.1) is 12.7 Å². The van der Waals surface area contributed by atoms with E-state index in [1.165, 1.54) is 22.0 Å². The van der Waals surface area contributed by atoms with Crippen LogP contribution in [-0.4, -0.2) is 85.4 Å². The van der Waals surface area contributed by atoms with Crippen molar-refractivity contribution < 1.29 is 23.5 Å². The molecule has 0 unspecified atom stereocenters. The molecular weight excluding hydrogens is 523 g/mol. The summed E-state index contributed by atoms with van der Waals surface area (Å²) in [7, 11) is 1.61. The van der Waals surface area contributed by atoms with Crippen LogP contribution < -0.4 is 4.74 Å². The van der Waals surface area contributed by atoms with E-state index in [0.29, 0.717) is 26.2 Å². The van der Waals surface area contributed by atoms with E-state index in [0.717, 1.165) is 41.2 Å². The van der Waals surface area contributed by atoms with E-state index in [4.69, 9.17) is 14.6 Å². The molecule has 0 N–H and O–H groups in total. The van der Waals surface area contributed by atoms with Gasteiger partial charge in [-0.25, -0.2) is 9.40 Å². The van der Waals surface area contributed by atoms with E-state index >= 15 is 0 Å². The van der Waals surface area contributed by atoms with Crippen LogP contribution in [0.15, 0.2) is 77.9 Å². The van der Waals surface area contributed by atoms with Crippen LogP contribution in [0.3, 0.4) is 0 Å². The van der Waals surface area contributed by atoms with E-state index in [-0.39, 0.29) is 30.6 Å². The molecule has 1 fully saturated rings. The maximum absolute atomic E-state index is 14.6. The SMILES string of the molecule is COc1ccc(C2=NN(C(=O)CN(CCN3CCOCC3)C(=O)c3ccccc3F)[C@H](c3ccc(C)cc3)C2)cc1. The third-order valence-electron chi connectivity index (χ3n) is 7.56. The van der Waals surface area contributed by atoms with Crippen molar-refractivity contribution in [3.05, 3.63) is 101 Å². The normalized spacial score (nSPS) is 17.3. The predicted octanol–water partition coefficient (Wildman–Crippen LogP) is 4.30. The molecule has 41 heavy (non-hydrogen) atoms. The van der Waals surface area contributed by atoms with Gasteiger partial charge in [0, 0.05) is 32.6 Å². The minimum Gasteiger partial charge on any atom is -0.497 e. The predicted molar refractivity (Wildman–Crippen MR) is 154 cm³/mol. The van der Waals surface area contributed by atoms with Gasteiger partial charge in [-0.05, 0) is 54.4 Å². The molecule has 9 heteroatoms. The molecule has 0 bridgehead atoms. The fraction of sp³-hybridized carbons (Fsp3) is 0.344. The van der Waals surface area contributed by atoms with Crippen molar-refractivity contribution in [2.45, 2.75) is 19.4 Å². The number of hydrazone groups is 1. The Labute approximate surface area is 240 Å². The zero-order valence-corrected chi connectivity index (χ0v) is 23.5. The largest absolute Gasteiger partial charge is 0.497 e. The Balaban J connectivity index is 1.42. The number of halogens is 1. The Hall–Kier alpha value is -4.08. The number of ether oxygens (including phenoxy) is 2. The molecule has 2 aliphatic heterocycles. The van der Waals surface area contributed by atoms with Crippen molar-refractivity contribution in [1.82, 2.24) is 14.8 Å². The smallest absolute Gasteiger partial charge is 0.262 e. The van der Waals surface area contributed by atoms with Crippen LogP contribution in [0.1, 0.15) is 39.5 Å². The monoisotopic (exact) mass is 558 g/mol. The summed E-state index contributed by atoms with van der Waals surface area (Å²) in [6.45, 7) is 5.35. The fourth-order valence-corrected chi connectivity index (χ4v) is 5.13. The van der Waals surface area contributed by atoms with Gasteiger partial charge in [0.25, 0.3) is 11.8 Å². The van der Waals surface area contributed by atoms with Gasteiger partial charge in [0.15, 0.2) is 0 Å². The quantitative estimate of drug-likeness (QED) is 0.392. The van der Waals surface area contributed by atoms with Gasteiger partial charge in [0.1, 0.15) is 18.1 Å². The first kappa shape index (κ1) is 28.4. The lowest BCUT2D eigenvalue weighted by Crippen LogP contribution is -2.46. The van der Waals surface area contributed by atoms with Crippen molar-refractivity contribution >= 4 is 17.5 Å². The number of hydrogen-bond donors (Lipinski definition) is 0. The van der Waals surface area contributed by atoms with Crippen LogP contribution in [0.25, 0.3) is 0 Å². The van der Waals surface area contributed by atoms with Gasteiger partial charge in [-0.2, -0.15) is 5.10 Å². The molecule has 0 aromatic heterocycles. The Morgan fingerprint density at radius 3 is 2.41 bits per heavy atom. The maximum Gasteiger partial charge on any atom is 0.262 e. The van der Waals surface area contributed by atoms with Crippen molar-refractivity contribution in [2.75, 3.05) is 53.0 Å². The van der Waals surface area contributed by atoms with Crippen molar-refractivity contribution in [2.24, 2.45) is 5.10 Å². The first-order chi connectivity index (χ1) is 19.9. The molecular formula is C32H35FN4O4. The molecule has 1 atom stereocenters. The van der Waals surface area contributed by atoms with Crippen molar-refractivity contribution in [3.8, 4) is 5.75 Å². The zero-order valence-electron chi connectivity index (χ0n) is 23.5. The molecule has 3 aromatic carbocycles. The summed E-state index contributed by atoms with van der Waals surface area (Å²) < 4.78 is 25.4. The molecule has 2 heterocycles. The number of amides is 2. The number of carbonyl (C=O) groups is 2. The van der Waals surface area contributed by atoms with Gasteiger partial charge < -0.3 is 14.4 Å². The molecule has 0 aliphatic carbocycles. The van der Waals surface area contributed by atoms with E-state index < -0.39 is 11.7 Å². The van der Waals surface area contributed by atoms with Gasteiger partial charge in [-0.1, -0.05) is 42.0 Å². The number of benzene rings is 3. The summed E-state index contributed by atoms with van der Waals surface area (Å²) >= 11 is 0. The highest BCUT2D eigenvalue weighted by Crippen LogP contribution is 2.33. The molecule has 2 amide bonds. The van der Waals surface area contributed by atoms with Gasteiger partial charge >= 0.3 is 0 Å². The number of aryl methyl sites for hydroxylation is 1. The third-order valence-corrected chi connectivity index (χ3v) is 7.56. The standard InChI is InChI=1S/C32H35FN4O4/c1-23-7-9-25(10-8-23)30-21-29(24-11-13-26(40-2)14-12-24)34-37(30)31(38)22-36(16-15-35-17-19-41-20-18-35)32(39)27-5-3-4-6-28(27)33/h3-14,30H,15-22H2,1-2H3/t30-/m0/s1. The van der Waals surface area contributed by atoms with Crippen molar-refractivity contribution in [1.29, 1.82) is 0 Å². The van der Waals surface area contributed by atoms with Gasteiger partial charge in [0.05, 0.1) is 37.6 Å². The lowest BCUT2D eigenvalue weighted by molar-refractivity contribution is -0.133. The summed E-state index contributed by atoms with van der Waals surface area (Å²) in [6.07, 6.45) is 0.524. The molecule has 5 rings (SSSR count). The number of morpholine rings is 1. The second-order valence-corrected chi connectivity index (χ2v) is 10.3. The summed E-state index contributed by atoms with van der Waals surface area (Å²) in [5.41, 5.74) is 3.68. The Morgan fingerprint density at radius 2 is 1.73 bits per heavy atom. The number of hydrogen-bond acceptors (Lipinski definition) is 6. The summed E-state index contributed by atoms with van der Waals surface area (Å²) in [6, 6.07) is 21.2. The van der Waals surface area contributed by atoms with Crippen LogP contribution in [0.2, 0.25) is 0 Å². The molecule has 2 aliphatic rings. The first-order valence-corrected chi connectivity index (χ1v) is 13.9. The molecule has 0 spiro atoms. The molecule has 214 valence electrons. The third kappa shape index (κ3) is 6.81. The lowest BCUT2D eigenvalue weighted by atomic mass is 9.97. The molecule has 8 nitrogen and oxygen atoms in total. The lowest BCUT2D eigenvalue weighted by Gasteiger charge is -2.31. The fourth-order valence-electron chi connectivity index (χ4n) is 5.13. The number of methoxy groups -OCH3 is 1.